The lowest BCUT2D eigenvalue weighted by Crippen LogP contribution is -2.26. The van der Waals surface area contributed by atoms with Gasteiger partial charge in [-0.25, -0.2) is 4.98 Å². The first-order valence-electron chi connectivity index (χ1n) is 9.96. The van der Waals surface area contributed by atoms with Crippen LogP contribution in [0, 0.1) is 0 Å². The van der Waals surface area contributed by atoms with E-state index in [1.165, 1.54) is 63.1 Å². The van der Waals surface area contributed by atoms with Gasteiger partial charge in [0.1, 0.15) is 5.82 Å². The van der Waals surface area contributed by atoms with Gasteiger partial charge in [-0.3, -0.25) is 0 Å². The molecule has 0 radical (unpaired) electrons. The highest BCUT2D eigenvalue weighted by Crippen LogP contribution is 2.18. The Kier molecular flexibility index (Phi) is 8.31. The first kappa shape index (κ1) is 19.0. The van der Waals surface area contributed by atoms with Gasteiger partial charge in [0.15, 0.2) is 0 Å². The van der Waals surface area contributed by atoms with E-state index in [1.54, 1.807) is 0 Å². The number of aromatic nitrogens is 2. The molecule has 134 valence electrons. The van der Waals surface area contributed by atoms with Gasteiger partial charge >= 0.3 is 0 Å². The van der Waals surface area contributed by atoms with E-state index in [9.17, 15) is 0 Å². The van der Waals surface area contributed by atoms with Crippen LogP contribution in [0.15, 0.2) is 24.3 Å². The molecule has 0 amide bonds. The molecule has 1 aromatic heterocycles. The maximum atomic E-state index is 4.88. The van der Waals surface area contributed by atoms with Crippen molar-refractivity contribution in [2.24, 2.45) is 0 Å². The van der Waals surface area contributed by atoms with Crippen LogP contribution in [0.1, 0.15) is 65.1 Å². The SMILES string of the molecule is CCCN(CCC)CCCCCc1nc2ccccc2n1CCC. The van der Waals surface area contributed by atoms with Crippen molar-refractivity contribution >= 4 is 11.0 Å². The van der Waals surface area contributed by atoms with Crippen LogP contribution >= 0.6 is 0 Å². The highest BCUT2D eigenvalue weighted by atomic mass is 15.1. The van der Waals surface area contributed by atoms with Gasteiger partial charge in [-0.2, -0.15) is 0 Å². The van der Waals surface area contributed by atoms with Crippen LogP contribution in [0.25, 0.3) is 11.0 Å². The van der Waals surface area contributed by atoms with Crippen LogP contribution in [-0.2, 0) is 13.0 Å². The van der Waals surface area contributed by atoms with Crippen molar-refractivity contribution in [2.75, 3.05) is 19.6 Å². The molecule has 2 rings (SSSR count). The number of unbranched alkanes of at least 4 members (excludes halogenated alkanes) is 2. The minimum atomic E-state index is 1.08. The molecule has 0 aliphatic heterocycles. The second-order valence-electron chi connectivity index (χ2n) is 6.82. The van der Waals surface area contributed by atoms with Crippen LogP contribution in [0.3, 0.4) is 0 Å². The standard InChI is InChI=1S/C21H35N3/c1-4-15-23(16-5-2)18-11-7-8-14-21-22-19-12-9-10-13-20(19)24(21)17-6-3/h9-10,12-13H,4-8,11,14-18H2,1-3H3. The van der Waals surface area contributed by atoms with E-state index >= 15 is 0 Å². The summed E-state index contributed by atoms with van der Waals surface area (Å²) in [4.78, 5) is 7.49. The predicted octanol–water partition coefficient (Wildman–Crippen LogP) is 5.28. The van der Waals surface area contributed by atoms with Crippen molar-refractivity contribution in [2.45, 2.75) is 72.3 Å². The molecule has 0 fully saturated rings. The molecule has 0 saturated carbocycles. The average Bonchev–Trinajstić information content (AvgIpc) is 2.93. The van der Waals surface area contributed by atoms with Gasteiger partial charge in [0.05, 0.1) is 11.0 Å². The van der Waals surface area contributed by atoms with Gasteiger partial charge in [0, 0.05) is 13.0 Å². The lowest BCUT2D eigenvalue weighted by Gasteiger charge is -2.20. The molecule has 3 heteroatoms. The Morgan fingerprint density at radius 3 is 2.33 bits per heavy atom. The summed E-state index contributed by atoms with van der Waals surface area (Å²) in [6, 6.07) is 8.55. The molecule has 0 unspecified atom stereocenters. The molecule has 24 heavy (non-hydrogen) atoms. The van der Waals surface area contributed by atoms with Crippen LogP contribution < -0.4 is 0 Å². The zero-order valence-electron chi connectivity index (χ0n) is 15.9. The lowest BCUT2D eigenvalue weighted by atomic mass is 10.1. The van der Waals surface area contributed by atoms with Gasteiger partial charge in [0.2, 0.25) is 0 Å². The Balaban J connectivity index is 1.83. The third-order valence-electron chi connectivity index (χ3n) is 4.64. The Morgan fingerprint density at radius 2 is 1.62 bits per heavy atom. The van der Waals surface area contributed by atoms with Crippen molar-refractivity contribution in [3.8, 4) is 0 Å². The Bertz CT molecular complexity index is 582. The fourth-order valence-electron chi connectivity index (χ4n) is 3.55. The minimum absolute atomic E-state index is 1.08. The average molecular weight is 330 g/mol. The van der Waals surface area contributed by atoms with Gasteiger partial charge < -0.3 is 9.47 Å². The molecular formula is C21H35N3. The molecule has 1 aromatic carbocycles. The normalized spacial score (nSPS) is 11.7. The molecule has 3 nitrogen and oxygen atoms in total. The van der Waals surface area contributed by atoms with E-state index in [0.717, 1.165) is 24.9 Å². The number of hydrogen-bond acceptors (Lipinski definition) is 2. The van der Waals surface area contributed by atoms with Crippen LogP contribution in [0.4, 0.5) is 0 Å². The number of hydrogen-bond donors (Lipinski definition) is 0. The summed E-state index contributed by atoms with van der Waals surface area (Å²) in [5.74, 6) is 1.28. The molecular weight excluding hydrogens is 294 g/mol. The number of rotatable bonds is 12. The number of aryl methyl sites for hydroxylation is 2. The molecule has 0 bridgehead atoms. The number of fused-ring (bicyclic) bond motifs is 1. The van der Waals surface area contributed by atoms with Crippen LogP contribution in [0.5, 0.6) is 0 Å². The van der Waals surface area contributed by atoms with Crippen molar-refractivity contribution in [1.82, 2.24) is 14.5 Å². The summed E-state index contributed by atoms with van der Waals surface area (Å²) in [6.45, 7) is 11.6. The first-order valence-corrected chi connectivity index (χ1v) is 9.96. The molecule has 1 heterocycles. The molecule has 0 spiro atoms. The summed E-state index contributed by atoms with van der Waals surface area (Å²) in [7, 11) is 0. The van der Waals surface area contributed by atoms with Crippen LogP contribution in [0.2, 0.25) is 0 Å². The van der Waals surface area contributed by atoms with Crippen LogP contribution in [-0.4, -0.2) is 34.1 Å². The fourth-order valence-corrected chi connectivity index (χ4v) is 3.55. The van der Waals surface area contributed by atoms with Gasteiger partial charge in [-0.05, 0) is 63.9 Å². The smallest absolute Gasteiger partial charge is 0.109 e. The summed E-state index contributed by atoms with van der Waals surface area (Å²) in [5.41, 5.74) is 2.45. The molecule has 0 atom stereocenters. The molecule has 0 aliphatic rings. The predicted molar refractivity (Wildman–Crippen MR) is 105 cm³/mol. The van der Waals surface area contributed by atoms with E-state index in [-0.39, 0.29) is 0 Å². The molecule has 2 aromatic rings. The number of benzene rings is 1. The van der Waals surface area contributed by atoms with E-state index in [1.807, 2.05) is 0 Å². The summed E-state index contributed by atoms with van der Waals surface area (Å²) in [5, 5.41) is 0. The first-order chi connectivity index (χ1) is 11.8. The lowest BCUT2D eigenvalue weighted by molar-refractivity contribution is 0.268. The van der Waals surface area contributed by atoms with E-state index in [2.05, 4.69) is 54.5 Å². The second-order valence-corrected chi connectivity index (χ2v) is 6.82. The highest BCUT2D eigenvalue weighted by Gasteiger charge is 2.09. The topological polar surface area (TPSA) is 21.1 Å². The van der Waals surface area contributed by atoms with Crippen molar-refractivity contribution in [3.63, 3.8) is 0 Å². The Labute approximate surface area is 148 Å². The fraction of sp³-hybridized carbons (Fsp3) is 0.667. The van der Waals surface area contributed by atoms with E-state index in [0.29, 0.717) is 0 Å². The van der Waals surface area contributed by atoms with Gasteiger partial charge in [-0.15, -0.1) is 0 Å². The maximum Gasteiger partial charge on any atom is 0.109 e. The quantitative estimate of drug-likeness (QED) is 0.494. The van der Waals surface area contributed by atoms with Gasteiger partial charge in [-0.1, -0.05) is 39.3 Å². The third kappa shape index (κ3) is 5.34. The minimum Gasteiger partial charge on any atom is -0.328 e. The van der Waals surface area contributed by atoms with E-state index < -0.39 is 0 Å². The third-order valence-corrected chi connectivity index (χ3v) is 4.64. The highest BCUT2D eigenvalue weighted by molar-refractivity contribution is 5.75. The zero-order valence-corrected chi connectivity index (χ0v) is 15.9. The van der Waals surface area contributed by atoms with Crippen molar-refractivity contribution in [3.05, 3.63) is 30.1 Å². The second kappa shape index (κ2) is 10.5. The molecule has 0 saturated heterocycles. The number of nitrogens with zero attached hydrogens (tertiary/aromatic N) is 3. The van der Waals surface area contributed by atoms with Crippen molar-refractivity contribution < 1.29 is 0 Å². The number of imidazole rings is 1. The summed E-state index contributed by atoms with van der Waals surface area (Å²) < 4.78 is 2.43. The number of para-hydroxylation sites is 2. The largest absolute Gasteiger partial charge is 0.328 e. The summed E-state index contributed by atoms with van der Waals surface area (Å²) >= 11 is 0. The Morgan fingerprint density at radius 1 is 0.875 bits per heavy atom. The maximum absolute atomic E-state index is 4.88. The zero-order chi connectivity index (χ0) is 17.2. The Hall–Kier alpha value is -1.35. The van der Waals surface area contributed by atoms with Crippen molar-refractivity contribution in [1.29, 1.82) is 0 Å². The molecule has 0 N–H and O–H groups in total. The monoisotopic (exact) mass is 329 g/mol. The molecule has 0 aliphatic carbocycles. The van der Waals surface area contributed by atoms with Gasteiger partial charge in [0.25, 0.3) is 0 Å². The van der Waals surface area contributed by atoms with E-state index in [4.69, 9.17) is 4.98 Å². The summed E-state index contributed by atoms with van der Waals surface area (Å²) in [6.07, 6.45) is 8.67.